The zero-order valence-corrected chi connectivity index (χ0v) is 31.4. The number of aliphatic imine (C=N–C) groups is 6. The minimum Gasteiger partial charge on any atom is -0.211 e. The van der Waals surface area contributed by atoms with Crippen molar-refractivity contribution in [2.24, 2.45) is 52.6 Å². The van der Waals surface area contributed by atoms with Gasteiger partial charge in [0.1, 0.15) is 0 Å². The fourth-order valence-electron chi connectivity index (χ4n) is 10.1. The maximum absolute atomic E-state index is 10.9. The Kier molecular flexibility index (Phi) is 14.7. The Hall–Kier alpha value is -5.28. The fourth-order valence-corrected chi connectivity index (χ4v) is 10.1. The van der Waals surface area contributed by atoms with E-state index in [-0.39, 0.29) is 40.8 Å². The van der Waals surface area contributed by atoms with Crippen LogP contribution in [-0.4, -0.2) is 61.1 Å². The third kappa shape index (κ3) is 10.2. The van der Waals surface area contributed by atoms with E-state index in [1.165, 1.54) is 0 Å². The summed E-state index contributed by atoms with van der Waals surface area (Å²) in [7, 11) is 0. The Morgan fingerprint density at radius 3 is 1.69 bits per heavy atom. The Bertz CT molecular complexity index is 1840. The summed E-state index contributed by atoms with van der Waals surface area (Å²) in [6.07, 6.45) is 23.6. The summed E-state index contributed by atoms with van der Waals surface area (Å²) >= 11 is 0. The van der Waals surface area contributed by atoms with Gasteiger partial charge in [0.2, 0.25) is 36.5 Å². The van der Waals surface area contributed by atoms with E-state index in [2.05, 4.69) is 57.3 Å². The van der Waals surface area contributed by atoms with Crippen molar-refractivity contribution in [3.63, 3.8) is 0 Å². The van der Waals surface area contributed by atoms with E-state index in [1.54, 1.807) is 36.5 Å². The number of benzene rings is 1. The quantitative estimate of drug-likeness (QED) is 0.164. The number of allylic oxidation sites excluding steroid dienone is 4. The molecule has 4 aliphatic rings. The first kappa shape index (κ1) is 41.5. The molecule has 0 radical (unpaired) electrons. The van der Waals surface area contributed by atoms with Crippen LogP contribution in [-0.2, 0) is 34.2 Å². The number of nitrogens with zero attached hydrogens (tertiary/aromatic N) is 6. The SMILES string of the molecule is C=C1CC(N=C=O)=CC=C1C(c1ccc(N=C=O)cc1)(C1CCC(N=C=O)CC1)C1CCC(N=C=O)CC1.CC1(C)CC(N=C=O)CC(C)(CN=C=O)C1. The molecule has 0 heterocycles. The molecule has 54 heavy (non-hydrogen) atoms. The minimum atomic E-state index is -0.431. The normalized spacial score (nSPS) is 28.3. The number of hydrogen-bond donors (Lipinski definition) is 0. The molecule has 0 aromatic heterocycles. The molecule has 1 aromatic carbocycles. The summed E-state index contributed by atoms with van der Waals surface area (Å²) in [6, 6.07) is 7.71. The van der Waals surface area contributed by atoms with Crippen LogP contribution in [0.2, 0.25) is 0 Å². The van der Waals surface area contributed by atoms with Gasteiger partial charge in [0.05, 0.1) is 36.1 Å². The summed E-state index contributed by atoms with van der Waals surface area (Å²) < 4.78 is 0. The van der Waals surface area contributed by atoms with Crippen molar-refractivity contribution < 1.29 is 28.8 Å². The molecule has 2 unspecified atom stereocenters. The standard InChI is InChI=1S/C30H30N4O4.C12H18N2O2/c1-21-16-28(34-20-38)14-15-29(21)30(22-2-8-25(9-3-22)31-17-35,23-4-10-26(11-5-23)32-18-36)24-6-12-27(13-7-24)33-19-37;1-11(2)4-10(14-9-16)5-12(3,6-11)7-13-8-15/h2-3,8-9,14-15,23-24,26-27H,1,4-7,10-13,16H2;10H,4-7H2,1-3H3. The molecule has 5 rings (SSSR count). The van der Waals surface area contributed by atoms with Gasteiger partial charge in [0, 0.05) is 11.8 Å². The zero-order valence-electron chi connectivity index (χ0n) is 31.4. The zero-order chi connectivity index (χ0) is 39.2. The molecule has 1 aromatic rings. The highest BCUT2D eigenvalue weighted by atomic mass is 16.1. The van der Waals surface area contributed by atoms with Crippen molar-refractivity contribution in [2.75, 3.05) is 6.54 Å². The van der Waals surface area contributed by atoms with Crippen LogP contribution in [0.15, 0.2) is 89.8 Å². The van der Waals surface area contributed by atoms with E-state index in [0.717, 1.165) is 87.3 Å². The Labute approximate surface area is 316 Å². The smallest absolute Gasteiger partial charge is 0.211 e. The Morgan fingerprint density at radius 2 is 1.20 bits per heavy atom. The highest BCUT2D eigenvalue weighted by Gasteiger charge is 2.51. The van der Waals surface area contributed by atoms with Gasteiger partial charge in [-0.25, -0.2) is 48.7 Å². The first-order chi connectivity index (χ1) is 26.0. The topological polar surface area (TPSA) is 177 Å². The highest BCUT2D eigenvalue weighted by molar-refractivity contribution is 5.57. The van der Waals surface area contributed by atoms with Gasteiger partial charge in [0.25, 0.3) is 0 Å². The lowest BCUT2D eigenvalue weighted by Crippen LogP contribution is -2.48. The van der Waals surface area contributed by atoms with Crippen LogP contribution in [0.1, 0.15) is 103 Å². The molecule has 12 heteroatoms. The van der Waals surface area contributed by atoms with E-state index >= 15 is 0 Å². The van der Waals surface area contributed by atoms with Crippen LogP contribution in [0.5, 0.6) is 0 Å². The van der Waals surface area contributed by atoms with Gasteiger partial charge in [-0.15, -0.1) is 0 Å². The van der Waals surface area contributed by atoms with E-state index in [4.69, 9.17) is 0 Å². The molecule has 0 spiro atoms. The van der Waals surface area contributed by atoms with Crippen LogP contribution in [0, 0.1) is 22.7 Å². The second-order valence-corrected chi connectivity index (χ2v) is 16.1. The molecule has 0 aliphatic heterocycles. The van der Waals surface area contributed by atoms with E-state index in [0.29, 0.717) is 24.4 Å². The van der Waals surface area contributed by atoms with Crippen LogP contribution >= 0.6 is 0 Å². The van der Waals surface area contributed by atoms with Crippen molar-refractivity contribution in [1.82, 2.24) is 0 Å². The third-order valence-corrected chi connectivity index (χ3v) is 11.7. The summed E-state index contributed by atoms with van der Waals surface area (Å²) in [5.41, 5.74) is 3.89. The highest BCUT2D eigenvalue weighted by Crippen LogP contribution is 2.58. The lowest BCUT2D eigenvalue weighted by Gasteiger charge is -2.53. The fraction of sp³-hybridized carbons (Fsp3) is 0.571. The van der Waals surface area contributed by atoms with Gasteiger partial charge < -0.3 is 0 Å². The first-order valence-electron chi connectivity index (χ1n) is 18.6. The van der Waals surface area contributed by atoms with E-state index in [9.17, 15) is 28.8 Å². The van der Waals surface area contributed by atoms with Gasteiger partial charge in [0.15, 0.2) is 0 Å². The lowest BCUT2D eigenvalue weighted by molar-refractivity contribution is 0.0915. The van der Waals surface area contributed by atoms with Crippen molar-refractivity contribution in [3.8, 4) is 0 Å². The van der Waals surface area contributed by atoms with Gasteiger partial charge in [-0.1, -0.05) is 45.6 Å². The number of carbonyl (C=O) groups excluding carboxylic acids is 6. The van der Waals surface area contributed by atoms with E-state index < -0.39 is 5.41 Å². The predicted octanol–water partition coefficient (Wildman–Crippen LogP) is 8.03. The van der Waals surface area contributed by atoms with Crippen LogP contribution < -0.4 is 0 Å². The molecular formula is C42H48N6O6. The van der Waals surface area contributed by atoms with Crippen molar-refractivity contribution in [1.29, 1.82) is 0 Å². The molecule has 0 saturated heterocycles. The molecule has 0 bridgehead atoms. The Morgan fingerprint density at radius 1 is 0.667 bits per heavy atom. The monoisotopic (exact) mass is 732 g/mol. The van der Waals surface area contributed by atoms with Gasteiger partial charge in [-0.2, -0.15) is 9.98 Å². The van der Waals surface area contributed by atoms with Crippen molar-refractivity contribution >= 4 is 42.2 Å². The molecular weight excluding hydrogens is 684 g/mol. The second-order valence-electron chi connectivity index (χ2n) is 16.1. The van der Waals surface area contributed by atoms with Crippen molar-refractivity contribution in [2.45, 2.75) is 121 Å². The molecule has 12 nitrogen and oxygen atoms in total. The second kappa shape index (κ2) is 19.2. The largest absolute Gasteiger partial charge is 0.240 e. The molecule has 3 fully saturated rings. The average Bonchev–Trinajstić information content (AvgIpc) is 3.14. The van der Waals surface area contributed by atoms with Crippen LogP contribution in [0.3, 0.4) is 0 Å². The Balaban J connectivity index is 0.000000340. The van der Waals surface area contributed by atoms with Gasteiger partial charge in [-0.3, -0.25) is 0 Å². The first-order valence-corrected chi connectivity index (χ1v) is 18.6. The molecule has 0 N–H and O–H groups in total. The number of isocyanates is 6. The number of rotatable bonds is 11. The summed E-state index contributed by atoms with van der Waals surface area (Å²) in [4.78, 5) is 87.4. The lowest BCUT2D eigenvalue weighted by atomic mass is 9.51. The maximum atomic E-state index is 10.9. The maximum Gasteiger partial charge on any atom is 0.240 e. The molecule has 3 saturated carbocycles. The number of hydrogen-bond acceptors (Lipinski definition) is 12. The van der Waals surface area contributed by atoms with Gasteiger partial charge >= 0.3 is 0 Å². The molecule has 4 aliphatic carbocycles. The summed E-state index contributed by atoms with van der Waals surface area (Å²) in [5.74, 6) is 0.453. The van der Waals surface area contributed by atoms with Crippen LogP contribution in [0.25, 0.3) is 0 Å². The molecule has 282 valence electrons. The molecule has 0 amide bonds. The summed E-state index contributed by atoms with van der Waals surface area (Å²) in [5, 5.41) is 0. The third-order valence-electron chi connectivity index (χ3n) is 11.7. The average molecular weight is 733 g/mol. The van der Waals surface area contributed by atoms with Gasteiger partial charge in [-0.05, 0) is 128 Å². The minimum absolute atomic E-state index is 0.00750. The van der Waals surface area contributed by atoms with Crippen molar-refractivity contribution in [3.05, 3.63) is 65.4 Å². The summed E-state index contributed by atoms with van der Waals surface area (Å²) in [6.45, 7) is 11.3. The molecule has 2 atom stereocenters. The van der Waals surface area contributed by atoms with E-state index in [1.807, 2.05) is 36.4 Å². The predicted molar refractivity (Wildman–Crippen MR) is 202 cm³/mol. The van der Waals surface area contributed by atoms with Crippen LogP contribution in [0.4, 0.5) is 5.69 Å².